The summed E-state index contributed by atoms with van der Waals surface area (Å²) in [5.41, 5.74) is 0. The van der Waals surface area contributed by atoms with Crippen molar-refractivity contribution >= 4 is 40.4 Å². The molecule has 0 fully saturated rings. The van der Waals surface area contributed by atoms with Crippen LogP contribution in [0.1, 0.15) is 11.3 Å². The SMILES string of the molecule is CN=C(NCCCSc1nccs1)NCc1cccs1. The van der Waals surface area contributed by atoms with E-state index in [4.69, 9.17) is 0 Å². The fraction of sp³-hybridized carbons (Fsp3) is 0.385. The molecule has 2 aromatic heterocycles. The summed E-state index contributed by atoms with van der Waals surface area (Å²) < 4.78 is 1.14. The lowest BCUT2D eigenvalue weighted by Gasteiger charge is -2.10. The van der Waals surface area contributed by atoms with E-state index >= 15 is 0 Å². The van der Waals surface area contributed by atoms with Crippen LogP contribution in [0.3, 0.4) is 0 Å². The summed E-state index contributed by atoms with van der Waals surface area (Å²) >= 11 is 5.25. The van der Waals surface area contributed by atoms with Gasteiger partial charge in [-0.15, -0.1) is 22.7 Å². The third-order valence-corrected chi connectivity index (χ3v) is 5.41. The van der Waals surface area contributed by atoms with Gasteiger partial charge in [0.25, 0.3) is 0 Å². The number of hydrogen-bond acceptors (Lipinski definition) is 5. The fourth-order valence-corrected chi connectivity index (χ4v) is 3.82. The molecule has 108 valence electrons. The van der Waals surface area contributed by atoms with Crippen molar-refractivity contribution in [1.29, 1.82) is 0 Å². The van der Waals surface area contributed by atoms with Gasteiger partial charge in [0.2, 0.25) is 0 Å². The first-order valence-electron chi connectivity index (χ1n) is 6.37. The minimum Gasteiger partial charge on any atom is -0.356 e. The average Bonchev–Trinajstić information content (AvgIpc) is 3.14. The van der Waals surface area contributed by atoms with Crippen LogP contribution in [0.15, 0.2) is 38.4 Å². The fourth-order valence-electron chi connectivity index (χ4n) is 1.52. The lowest BCUT2D eigenvalue weighted by atomic mass is 10.4. The van der Waals surface area contributed by atoms with E-state index in [-0.39, 0.29) is 0 Å². The van der Waals surface area contributed by atoms with E-state index < -0.39 is 0 Å². The molecule has 0 aliphatic rings. The first-order chi connectivity index (χ1) is 9.88. The van der Waals surface area contributed by atoms with Crippen LogP contribution in [0.2, 0.25) is 0 Å². The van der Waals surface area contributed by atoms with Crippen molar-refractivity contribution < 1.29 is 0 Å². The largest absolute Gasteiger partial charge is 0.356 e. The minimum atomic E-state index is 0.825. The van der Waals surface area contributed by atoms with E-state index in [0.717, 1.165) is 35.6 Å². The summed E-state index contributed by atoms with van der Waals surface area (Å²) in [6, 6.07) is 4.18. The van der Waals surface area contributed by atoms with E-state index in [9.17, 15) is 0 Å². The van der Waals surface area contributed by atoms with Crippen LogP contribution in [0, 0.1) is 0 Å². The molecule has 0 amide bonds. The standard InChI is InChI=1S/C13H18N4S3/c1-14-12(17-10-11-4-2-7-18-11)15-5-3-8-19-13-16-6-9-20-13/h2,4,6-7,9H,3,5,8,10H2,1H3,(H2,14,15,17). The van der Waals surface area contributed by atoms with Crippen LogP contribution < -0.4 is 10.6 Å². The highest BCUT2D eigenvalue weighted by atomic mass is 32.2. The summed E-state index contributed by atoms with van der Waals surface area (Å²) in [5.74, 6) is 1.93. The second-order valence-electron chi connectivity index (χ2n) is 3.93. The van der Waals surface area contributed by atoms with Crippen molar-refractivity contribution in [3.63, 3.8) is 0 Å². The molecule has 0 radical (unpaired) electrons. The molecule has 0 atom stereocenters. The number of thiophene rings is 1. The number of hydrogen-bond donors (Lipinski definition) is 2. The molecule has 0 aliphatic carbocycles. The Morgan fingerprint density at radius 3 is 3.00 bits per heavy atom. The number of nitrogens with zero attached hydrogens (tertiary/aromatic N) is 2. The molecule has 0 saturated carbocycles. The van der Waals surface area contributed by atoms with Gasteiger partial charge < -0.3 is 10.6 Å². The Bertz CT molecular complexity index is 494. The van der Waals surface area contributed by atoms with E-state index in [1.165, 1.54) is 4.88 Å². The number of guanidine groups is 1. The molecule has 0 aliphatic heterocycles. The Morgan fingerprint density at radius 1 is 1.35 bits per heavy atom. The van der Waals surface area contributed by atoms with Crippen LogP contribution >= 0.6 is 34.4 Å². The van der Waals surface area contributed by atoms with Gasteiger partial charge in [0.15, 0.2) is 5.96 Å². The predicted molar refractivity (Wildman–Crippen MR) is 90.0 cm³/mol. The molecule has 0 bridgehead atoms. The van der Waals surface area contributed by atoms with Gasteiger partial charge in [0.05, 0.1) is 6.54 Å². The average molecular weight is 327 g/mol. The molecule has 4 nitrogen and oxygen atoms in total. The first kappa shape index (κ1) is 15.3. The smallest absolute Gasteiger partial charge is 0.191 e. The molecule has 0 spiro atoms. The Hall–Kier alpha value is -1.05. The van der Waals surface area contributed by atoms with Crippen molar-refractivity contribution in [2.75, 3.05) is 19.3 Å². The maximum Gasteiger partial charge on any atom is 0.191 e. The quantitative estimate of drug-likeness (QED) is 0.355. The molecular formula is C13H18N4S3. The molecular weight excluding hydrogens is 308 g/mol. The molecule has 20 heavy (non-hydrogen) atoms. The maximum absolute atomic E-state index is 4.25. The number of thiazole rings is 1. The molecule has 2 aromatic rings. The molecule has 2 rings (SSSR count). The van der Waals surface area contributed by atoms with Crippen molar-refractivity contribution in [3.8, 4) is 0 Å². The summed E-state index contributed by atoms with van der Waals surface area (Å²) in [4.78, 5) is 9.78. The van der Waals surface area contributed by atoms with Crippen molar-refractivity contribution in [3.05, 3.63) is 34.0 Å². The Kier molecular flexibility index (Phi) is 6.90. The Morgan fingerprint density at radius 2 is 2.30 bits per heavy atom. The molecule has 2 N–H and O–H groups in total. The van der Waals surface area contributed by atoms with Crippen LogP contribution in [0.4, 0.5) is 0 Å². The predicted octanol–water partition coefficient (Wildman–Crippen LogP) is 3.05. The van der Waals surface area contributed by atoms with Crippen LogP contribution in [-0.2, 0) is 6.54 Å². The van der Waals surface area contributed by atoms with Gasteiger partial charge in [0, 0.05) is 35.8 Å². The van der Waals surface area contributed by atoms with Crippen LogP contribution in [-0.4, -0.2) is 30.3 Å². The normalized spacial score (nSPS) is 11.6. The van der Waals surface area contributed by atoms with Gasteiger partial charge in [-0.3, -0.25) is 4.99 Å². The van der Waals surface area contributed by atoms with E-state index in [1.807, 2.05) is 11.6 Å². The highest BCUT2D eigenvalue weighted by Crippen LogP contribution is 2.20. The zero-order valence-electron chi connectivity index (χ0n) is 11.3. The molecule has 2 heterocycles. The van der Waals surface area contributed by atoms with E-state index in [0.29, 0.717) is 0 Å². The number of thioether (sulfide) groups is 1. The zero-order valence-corrected chi connectivity index (χ0v) is 13.8. The highest BCUT2D eigenvalue weighted by Gasteiger charge is 1.99. The summed E-state index contributed by atoms with van der Waals surface area (Å²) in [7, 11) is 1.80. The third-order valence-electron chi connectivity index (χ3n) is 2.48. The highest BCUT2D eigenvalue weighted by molar-refractivity contribution is 8.00. The molecule has 0 saturated heterocycles. The van der Waals surface area contributed by atoms with Gasteiger partial charge in [-0.25, -0.2) is 4.98 Å². The lowest BCUT2D eigenvalue weighted by molar-refractivity contribution is 0.789. The van der Waals surface area contributed by atoms with E-state index in [1.54, 1.807) is 41.5 Å². The Balaban J connectivity index is 1.57. The van der Waals surface area contributed by atoms with Crippen LogP contribution in [0.5, 0.6) is 0 Å². The summed E-state index contributed by atoms with van der Waals surface area (Å²) in [6.45, 7) is 1.74. The summed E-state index contributed by atoms with van der Waals surface area (Å²) in [5, 5.41) is 10.7. The monoisotopic (exact) mass is 326 g/mol. The minimum absolute atomic E-state index is 0.825. The second kappa shape index (κ2) is 8.99. The van der Waals surface area contributed by atoms with Crippen molar-refractivity contribution in [2.45, 2.75) is 17.3 Å². The first-order valence-corrected chi connectivity index (χ1v) is 9.12. The number of nitrogens with one attached hydrogen (secondary N) is 2. The van der Waals surface area contributed by atoms with Gasteiger partial charge in [-0.2, -0.15) is 0 Å². The third kappa shape index (κ3) is 5.52. The van der Waals surface area contributed by atoms with Crippen LogP contribution in [0.25, 0.3) is 0 Å². The number of aromatic nitrogens is 1. The van der Waals surface area contributed by atoms with Crippen molar-refractivity contribution in [2.24, 2.45) is 4.99 Å². The number of rotatable bonds is 7. The van der Waals surface area contributed by atoms with E-state index in [2.05, 4.69) is 38.1 Å². The lowest BCUT2D eigenvalue weighted by Crippen LogP contribution is -2.37. The maximum atomic E-state index is 4.25. The Labute approximate surface area is 131 Å². The molecule has 0 unspecified atom stereocenters. The summed E-state index contributed by atoms with van der Waals surface area (Å²) in [6.07, 6.45) is 2.94. The van der Waals surface area contributed by atoms with Gasteiger partial charge in [0.1, 0.15) is 4.34 Å². The van der Waals surface area contributed by atoms with Crippen molar-refractivity contribution in [1.82, 2.24) is 15.6 Å². The van der Waals surface area contributed by atoms with Gasteiger partial charge in [-0.05, 0) is 17.9 Å². The molecule has 7 heteroatoms. The second-order valence-corrected chi connectivity index (χ2v) is 7.20. The van der Waals surface area contributed by atoms with Gasteiger partial charge >= 0.3 is 0 Å². The topological polar surface area (TPSA) is 49.3 Å². The molecule has 0 aromatic carbocycles. The zero-order chi connectivity index (χ0) is 14.0. The number of aliphatic imine (C=N–C) groups is 1. The van der Waals surface area contributed by atoms with Gasteiger partial charge in [-0.1, -0.05) is 17.8 Å².